The summed E-state index contributed by atoms with van der Waals surface area (Å²) in [6.07, 6.45) is -2.76. The van der Waals surface area contributed by atoms with Crippen LogP contribution in [0.1, 0.15) is 47.2 Å². The van der Waals surface area contributed by atoms with E-state index in [2.05, 4.69) is 0 Å². The Morgan fingerprint density at radius 2 is 1.94 bits per heavy atom. The van der Waals surface area contributed by atoms with E-state index in [9.17, 15) is 18.0 Å². The van der Waals surface area contributed by atoms with E-state index < -0.39 is 11.7 Å². The number of Topliss-reactive ketones (excluding diaryl/α,β-unsaturated/α-hetero) is 1. The van der Waals surface area contributed by atoms with Crippen molar-refractivity contribution in [2.45, 2.75) is 31.9 Å². The molecule has 1 aromatic rings. The molecule has 0 N–H and O–H groups in total. The molecule has 1 saturated carbocycles. The molecule has 1 nitrogen and oxygen atoms in total. The van der Waals surface area contributed by atoms with Crippen molar-refractivity contribution < 1.29 is 18.0 Å². The van der Waals surface area contributed by atoms with Gasteiger partial charge in [-0.3, -0.25) is 4.79 Å². The Kier molecular flexibility index (Phi) is 2.52. The molecule has 1 aliphatic rings. The summed E-state index contributed by atoms with van der Waals surface area (Å²) in [4.78, 5) is 11.1. The van der Waals surface area contributed by atoms with Crippen LogP contribution in [0, 0.1) is 0 Å². The fourth-order valence-corrected chi connectivity index (χ4v) is 1.77. The highest BCUT2D eigenvalue weighted by Crippen LogP contribution is 2.46. The van der Waals surface area contributed by atoms with E-state index in [1.54, 1.807) is 0 Å². The zero-order valence-electron chi connectivity index (χ0n) is 8.77. The third kappa shape index (κ3) is 2.10. The zero-order valence-corrected chi connectivity index (χ0v) is 8.77. The first-order valence-electron chi connectivity index (χ1n) is 5.11. The molecule has 0 aromatic heterocycles. The lowest BCUT2D eigenvalue weighted by molar-refractivity contribution is -0.138. The van der Waals surface area contributed by atoms with Gasteiger partial charge in [-0.2, -0.15) is 13.2 Å². The minimum absolute atomic E-state index is 0.0177. The molecule has 0 bridgehead atoms. The second kappa shape index (κ2) is 3.61. The molecule has 0 radical (unpaired) electrons. The molecule has 1 aliphatic carbocycles. The monoisotopic (exact) mass is 228 g/mol. The average molecular weight is 228 g/mol. The van der Waals surface area contributed by atoms with Gasteiger partial charge in [0, 0.05) is 5.56 Å². The summed E-state index contributed by atoms with van der Waals surface area (Å²) in [6.45, 7) is 1.36. The summed E-state index contributed by atoms with van der Waals surface area (Å²) in [5.74, 6) is -0.216. The van der Waals surface area contributed by atoms with E-state index in [-0.39, 0.29) is 17.3 Å². The zero-order chi connectivity index (χ0) is 11.9. The standard InChI is InChI=1S/C12H11F3O/c1-7(16)9-4-5-11(12(13,14)15)10(6-9)8-2-3-8/h4-6,8H,2-3H2,1H3. The summed E-state index contributed by atoms with van der Waals surface area (Å²) >= 11 is 0. The molecule has 0 spiro atoms. The smallest absolute Gasteiger partial charge is 0.295 e. The summed E-state index contributed by atoms with van der Waals surface area (Å²) < 4.78 is 38.1. The topological polar surface area (TPSA) is 17.1 Å². The van der Waals surface area contributed by atoms with Gasteiger partial charge in [0.25, 0.3) is 0 Å². The Bertz CT molecular complexity index is 430. The highest BCUT2D eigenvalue weighted by atomic mass is 19.4. The first-order chi connectivity index (χ1) is 7.39. The first-order valence-corrected chi connectivity index (χ1v) is 5.11. The molecule has 1 aromatic carbocycles. The van der Waals surface area contributed by atoms with Crippen LogP contribution in [0.5, 0.6) is 0 Å². The summed E-state index contributed by atoms with van der Waals surface area (Å²) in [5, 5.41) is 0. The van der Waals surface area contributed by atoms with Crippen LogP contribution >= 0.6 is 0 Å². The average Bonchev–Trinajstić information content (AvgIpc) is 2.98. The lowest BCUT2D eigenvalue weighted by Gasteiger charge is -2.13. The normalized spacial score (nSPS) is 16.2. The number of hydrogen-bond acceptors (Lipinski definition) is 1. The van der Waals surface area contributed by atoms with E-state index in [1.165, 1.54) is 19.1 Å². The highest BCUT2D eigenvalue weighted by Gasteiger charge is 2.38. The van der Waals surface area contributed by atoms with Crippen molar-refractivity contribution in [2.24, 2.45) is 0 Å². The van der Waals surface area contributed by atoms with Crippen molar-refractivity contribution in [2.75, 3.05) is 0 Å². The van der Waals surface area contributed by atoms with Crippen LogP contribution in [-0.4, -0.2) is 5.78 Å². The maximum absolute atomic E-state index is 12.7. The third-order valence-corrected chi connectivity index (χ3v) is 2.78. The van der Waals surface area contributed by atoms with Crippen LogP contribution in [0.2, 0.25) is 0 Å². The van der Waals surface area contributed by atoms with Crippen LogP contribution in [0.4, 0.5) is 13.2 Å². The van der Waals surface area contributed by atoms with Gasteiger partial charge in [-0.15, -0.1) is 0 Å². The SMILES string of the molecule is CC(=O)c1ccc(C(F)(F)F)c(C2CC2)c1. The third-order valence-electron chi connectivity index (χ3n) is 2.78. The van der Waals surface area contributed by atoms with Crippen molar-refractivity contribution in [3.63, 3.8) is 0 Å². The van der Waals surface area contributed by atoms with E-state index >= 15 is 0 Å². The predicted molar refractivity (Wildman–Crippen MR) is 53.4 cm³/mol. The largest absolute Gasteiger partial charge is 0.416 e. The van der Waals surface area contributed by atoms with Gasteiger partial charge in [0.2, 0.25) is 0 Å². The van der Waals surface area contributed by atoms with Crippen molar-refractivity contribution in [3.8, 4) is 0 Å². The fourth-order valence-electron chi connectivity index (χ4n) is 1.77. The second-order valence-electron chi connectivity index (χ2n) is 4.13. The molecule has 16 heavy (non-hydrogen) atoms. The molecule has 2 rings (SSSR count). The molecular weight excluding hydrogens is 217 g/mol. The number of ketones is 1. The van der Waals surface area contributed by atoms with Gasteiger partial charge in [-0.1, -0.05) is 6.07 Å². The van der Waals surface area contributed by atoms with Crippen molar-refractivity contribution >= 4 is 5.78 Å². The van der Waals surface area contributed by atoms with Crippen molar-refractivity contribution in [1.29, 1.82) is 0 Å². The Labute approximate surface area is 91.3 Å². The first kappa shape index (κ1) is 11.2. The van der Waals surface area contributed by atoms with Gasteiger partial charge in [0.05, 0.1) is 5.56 Å². The maximum atomic E-state index is 12.7. The van der Waals surface area contributed by atoms with Gasteiger partial charge >= 0.3 is 6.18 Å². The number of carbonyl (C=O) groups is 1. The van der Waals surface area contributed by atoms with Crippen LogP contribution in [-0.2, 0) is 6.18 Å². The lowest BCUT2D eigenvalue weighted by atomic mass is 9.98. The van der Waals surface area contributed by atoms with E-state index in [0.29, 0.717) is 5.56 Å². The molecule has 4 heteroatoms. The van der Waals surface area contributed by atoms with Crippen LogP contribution in [0.15, 0.2) is 18.2 Å². The molecule has 1 fully saturated rings. The van der Waals surface area contributed by atoms with Crippen LogP contribution in [0.3, 0.4) is 0 Å². The van der Waals surface area contributed by atoms with Crippen molar-refractivity contribution in [1.82, 2.24) is 0 Å². The Morgan fingerprint density at radius 1 is 1.31 bits per heavy atom. The van der Waals surface area contributed by atoms with E-state index in [4.69, 9.17) is 0 Å². The predicted octanol–water partition coefficient (Wildman–Crippen LogP) is 3.79. The lowest BCUT2D eigenvalue weighted by Crippen LogP contribution is -2.09. The Hall–Kier alpha value is -1.32. The summed E-state index contributed by atoms with van der Waals surface area (Å²) in [6, 6.07) is 3.66. The molecule has 0 unspecified atom stereocenters. The number of rotatable bonds is 2. The fraction of sp³-hybridized carbons (Fsp3) is 0.417. The van der Waals surface area contributed by atoms with Gasteiger partial charge in [-0.25, -0.2) is 0 Å². The van der Waals surface area contributed by atoms with E-state index in [1.807, 2.05) is 0 Å². The number of benzene rings is 1. The highest BCUT2D eigenvalue weighted by molar-refractivity contribution is 5.94. The van der Waals surface area contributed by atoms with Gasteiger partial charge in [0.15, 0.2) is 5.78 Å². The molecule has 0 heterocycles. The summed E-state index contributed by atoms with van der Waals surface area (Å²) in [5.41, 5.74) is 0.0371. The Balaban J connectivity index is 2.50. The molecular formula is C12H11F3O. The van der Waals surface area contributed by atoms with Crippen LogP contribution < -0.4 is 0 Å². The number of carbonyl (C=O) groups excluding carboxylic acids is 1. The van der Waals surface area contributed by atoms with Gasteiger partial charge < -0.3 is 0 Å². The Morgan fingerprint density at radius 3 is 2.38 bits per heavy atom. The minimum Gasteiger partial charge on any atom is -0.295 e. The molecule has 0 saturated heterocycles. The van der Waals surface area contributed by atoms with Crippen LogP contribution in [0.25, 0.3) is 0 Å². The van der Waals surface area contributed by atoms with Crippen molar-refractivity contribution in [3.05, 3.63) is 34.9 Å². The minimum atomic E-state index is -4.33. The number of alkyl halides is 3. The summed E-state index contributed by atoms with van der Waals surface area (Å²) in [7, 11) is 0. The molecule has 0 atom stereocenters. The molecule has 0 amide bonds. The number of hydrogen-bond donors (Lipinski definition) is 0. The van der Waals surface area contributed by atoms with Gasteiger partial charge in [0.1, 0.15) is 0 Å². The molecule has 86 valence electrons. The van der Waals surface area contributed by atoms with Gasteiger partial charge in [-0.05, 0) is 43.4 Å². The second-order valence-corrected chi connectivity index (χ2v) is 4.13. The van der Waals surface area contributed by atoms with E-state index in [0.717, 1.165) is 18.9 Å². The molecule has 0 aliphatic heterocycles. The maximum Gasteiger partial charge on any atom is 0.416 e. The number of halogens is 3. The quantitative estimate of drug-likeness (QED) is 0.704.